The van der Waals surface area contributed by atoms with Crippen molar-refractivity contribution in [1.82, 2.24) is 5.32 Å². The zero-order valence-electron chi connectivity index (χ0n) is 18.3. The number of rotatable bonds is 7. The van der Waals surface area contributed by atoms with Gasteiger partial charge in [0.2, 0.25) is 6.79 Å². The fraction of sp³-hybridized carbons (Fsp3) is 0.217. The van der Waals surface area contributed by atoms with Crippen LogP contribution < -0.4 is 29.2 Å². The summed E-state index contributed by atoms with van der Waals surface area (Å²) in [7, 11) is 1.40. The Labute approximate surface area is 193 Å². The Hall–Kier alpha value is -4.54. The molecule has 34 heavy (non-hydrogen) atoms. The Morgan fingerprint density at radius 2 is 1.88 bits per heavy atom. The molecule has 2 heterocycles. The lowest BCUT2D eigenvalue weighted by atomic mass is 10.1. The van der Waals surface area contributed by atoms with Crippen molar-refractivity contribution in [3.8, 4) is 23.0 Å². The van der Waals surface area contributed by atoms with Gasteiger partial charge in [-0.2, -0.15) is 0 Å². The highest BCUT2D eigenvalue weighted by Gasteiger charge is 2.37. The van der Waals surface area contributed by atoms with Crippen LogP contribution in [0.3, 0.4) is 0 Å². The van der Waals surface area contributed by atoms with Gasteiger partial charge in [0.25, 0.3) is 11.8 Å². The number of carbonyl (C=O) groups excluding carboxylic acids is 4. The smallest absolute Gasteiger partial charge is 0.344 e. The SMILES string of the molecule is CCOC(=O)COc1ccc(/C=C2\C(=O)NC(=O)N(c3ccc4c(c3)OCO4)C2=O)cc1OC. The average molecular weight is 468 g/mol. The van der Waals surface area contributed by atoms with Crippen molar-refractivity contribution >= 4 is 35.6 Å². The Balaban J connectivity index is 1.60. The molecule has 2 aliphatic rings. The number of imide groups is 2. The van der Waals surface area contributed by atoms with E-state index in [1.165, 1.54) is 37.5 Å². The van der Waals surface area contributed by atoms with Crippen LogP contribution in [0.1, 0.15) is 12.5 Å². The van der Waals surface area contributed by atoms with Gasteiger partial charge in [0.05, 0.1) is 19.4 Å². The number of nitrogens with zero attached hydrogens (tertiary/aromatic N) is 1. The van der Waals surface area contributed by atoms with Gasteiger partial charge in [-0.1, -0.05) is 6.07 Å². The quantitative estimate of drug-likeness (QED) is 0.369. The third-order valence-corrected chi connectivity index (χ3v) is 4.87. The monoisotopic (exact) mass is 468 g/mol. The van der Waals surface area contributed by atoms with Crippen LogP contribution in [0.5, 0.6) is 23.0 Å². The summed E-state index contributed by atoms with van der Waals surface area (Å²) in [6, 6.07) is 8.29. The van der Waals surface area contributed by atoms with Crippen molar-refractivity contribution in [3.63, 3.8) is 0 Å². The molecule has 176 valence electrons. The number of barbiturate groups is 1. The second-order valence-electron chi connectivity index (χ2n) is 7.00. The second-order valence-corrected chi connectivity index (χ2v) is 7.00. The predicted octanol–water partition coefficient (Wildman–Crippen LogP) is 2.03. The summed E-state index contributed by atoms with van der Waals surface area (Å²) in [5.41, 5.74) is 0.378. The molecular weight excluding hydrogens is 448 g/mol. The van der Waals surface area contributed by atoms with Crippen molar-refractivity contribution in [1.29, 1.82) is 0 Å². The summed E-state index contributed by atoms with van der Waals surface area (Å²) in [5.74, 6) is -0.780. The molecule has 0 bridgehead atoms. The first kappa shape index (κ1) is 22.6. The Morgan fingerprint density at radius 1 is 1.09 bits per heavy atom. The number of carbonyl (C=O) groups is 4. The van der Waals surface area contributed by atoms with Gasteiger partial charge in [-0.15, -0.1) is 0 Å². The Kier molecular flexibility index (Phi) is 6.35. The number of methoxy groups -OCH3 is 1. The van der Waals surface area contributed by atoms with Crippen molar-refractivity contribution in [2.45, 2.75) is 6.92 Å². The zero-order valence-corrected chi connectivity index (χ0v) is 18.3. The number of amides is 4. The van der Waals surface area contributed by atoms with E-state index in [2.05, 4.69) is 5.32 Å². The molecule has 0 radical (unpaired) electrons. The van der Waals surface area contributed by atoms with Gasteiger partial charge >= 0.3 is 12.0 Å². The molecule has 0 saturated carbocycles. The molecule has 0 spiro atoms. The molecule has 0 aliphatic carbocycles. The number of urea groups is 1. The van der Waals surface area contributed by atoms with Crippen LogP contribution in [-0.4, -0.2) is 50.9 Å². The molecule has 4 rings (SSSR count). The number of hydrogen-bond donors (Lipinski definition) is 1. The topological polar surface area (TPSA) is 130 Å². The minimum absolute atomic E-state index is 0.0316. The number of esters is 1. The van der Waals surface area contributed by atoms with Crippen LogP contribution in [0.15, 0.2) is 42.0 Å². The van der Waals surface area contributed by atoms with Crippen LogP contribution in [0.25, 0.3) is 6.08 Å². The normalized spacial score (nSPS) is 15.9. The van der Waals surface area contributed by atoms with E-state index in [9.17, 15) is 19.2 Å². The first-order valence-electron chi connectivity index (χ1n) is 10.2. The highest BCUT2D eigenvalue weighted by Crippen LogP contribution is 2.36. The maximum atomic E-state index is 13.1. The van der Waals surface area contributed by atoms with Gasteiger partial charge in [-0.25, -0.2) is 14.5 Å². The summed E-state index contributed by atoms with van der Waals surface area (Å²) in [6.07, 6.45) is 1.32. The summed E-state index contributed by atoms with van der Waals surface area (Å²) in [5, 5.41) is 2.16. The highest BCUT2D eigenvalue weighted by molar-refractivity contribution is 6.39. The summed E-state index contributed by atoms with van der Waals surface area (Å²) in [4.78, 5) is 50.3. The molecule has 1 saturated heterocycles. The number of anilines is 1. The lowest BCUT2D eigenvalue weighted by Gasteiger charge is -2.26. The zero-order chi connectivity index (χ0) is 24.2. The molecule has 4 amide bonds. The highest BCUT2D eigenvalue weighted by atomic mass is 16.7. The molecule has 2 aromatic carbocycles. The van der Waals surface area contributed by atoms with Crippen molar-refractivity contribution < 1.29 is 42.9 Å². The number of fused-ring (bicyclic) bond motifs is 1. The van der Waals surface area contributed by atoms with Crippen LogP contribution in [0, 0.1) is 0 Å². The van der Waals surface area contributed by atoms with E-state index < -0.39 is 23.8 Å². The minimum atomic E-state index is -0.883. The van der Waals surface area contributed by atoms with E-state index in [1.54, 1.807) is 19.1 Å². The maximum Gasteiger partial charge on any atom is 0.344 e. The fourth-order valence-electron chi connectivity index (χ4n) is 3.32. The van der Waals surface area contributed by atoms with E-state index in [0.29, 0.717) is 17.1 Å². The molecule has 1 N–H and O–H groups in total. The Morgan fingerprint density at radius 3 is 2.65 bits per heavy atom. The molecule has 2 aromatic rings. The number of hydrogen-bond acceptors (Lipinski definition) is 9. The van der Waals surface area contributed by atoms with Crippen molar-refractivity contribution in [2.24, 2.45) is 0 Å². The molecule has 0 atom stereocenters. The minimum Gasteiger partial charge on any atom is -0.493 e. The maximum absolute atomic E-state index is 13.1. The van der Waals surface area contributed by atoms with Crippen LogP contribution >= 0.6 is 0 Å². The third kappa shape index (κ3) is 4.49. The molecule has 1 fully saturated rings. The predicted molar refractivity (Wildman–Crippen MR) is 117 cm³/mol. The average Bonchev–Trinajstić information content (AvgIpc) is 3.29. The molecule has 11 nitrogen and oxygen atoms in total. The van der Waals surface area contributed by atoms with Gasteiger partial charge in [0.1, 0.15) is 5.57 Å². The molecule has 11 heteroatoms. The van der Waals surface area contributed by atoms with Crippen LogP contribution in [-0.2, 0) is 19.1 Å². The van der Waals surface area contributed by atoms with E-state index >= 15 is 0 Å². The lowest BCUT2D eigenvalue weighted by Crippen LogP contribution is -2.54. The fourth-order valence-corrected chi connectivity index (χ4v) is 3.32. The van der Waals surface area contributed by atoms with Crippen molar-refractivity contribution in [3.05, 3.63) is 47.5 Å². The molecule has 0 aromatic heterocycles. The largest absolute Gasteiger partial charge is 0.493 e. The Bertz CT molecular complexity index is 1200. The number of benzene rings is 2. The molecule has 0 unspecified atom stereocenters. The van der Waals surface area contributed by atoms with Gasteiger partial charge in [-0.3, -0.25) is 14.9 Å². The summed E-state index contributed by atoms with van der Waals surface area (Å²) in [6.45, 7) is 1.64. The van der Waals surface area contributed by atoms with E-state index in [-0.39, 0.29) is 42.8 Å². The number of nitrogens with one attached hydrogen (secondary N) is 1. The first-order chi connectivity index (χ1) is 16.4. The van der Waals surface area contributed by atoms with E-state index in [1.807, 2.05) is 0 Å². The van der Waals surface area contributed by atoms with E-state index in [0.717, 1.165) is 4.90 Å². The standard InChI is InChI=1S/C23H20N2O9/c1-3-31-20(26)11-32-16-6-4-13(9-18(16)30-2)8-15-21(27)24-23(29)25(22(15)28)14-5-7-17-19(10-14)34-12-33-17/h4-10H,3,11-12H2,1-2H3,(H,24,27,29)/b15-8+. The lowest BCUT2D eigenvalue weighted by molar-refractivity contribution is -0.145. The first-order valence-corrected chi connectivity index (χ1v) is 10.2. The van der Waals surface area contributed by atoms with E-state index in [4.69, 9.17) is 23.7 Å². The van der Waals surface area contributed by atoms with Crippen molar-refractivity contribution in [2.75, 3.05) is 32.0 Å². The summed E-state index contributed by atoms with van der Waals surface area (Å²) < 4.78 is 26.1. The third-order valence-electron chi connectivity index (χ3n) is 4.87. The second kappa shape index (κ2) is 9.53. The summed E-state index contributed by atoms with van der Waals surface area (Å²) >= 11 is 0. The van der Waals surface area contributed by atoms with Gasteiger partial charge in [0.15, 0.2) is 29.6 Å². The number of ether oxygens (including phenoxy) is 5. The molecule has 2 aliphatic heterocycles. The van der Waals surface area contributed by atoms with Crippen LogP contribution in [0.4, 0.5) is 10.5 Å². The van der Waals surface area contributed by atoms with Gasteiger partial charge in [0, 0.05) is 6.07 Å². The van der Waals surface area contributed by atoms with Gasteiger partial charge < -0.3 is 23.7 Å². The molecular formula is C23H20N2O9. The van der Waals surface area contributed by atoms with Gasteiger partial charge in [-0.05, 0) is 42.8 Å². The van der Waals surface area contributed by atoms with Crippen LogP contribution in [0.2, 0.25) is 0 Å².